The van der Waals surface area contributed by atoms with E-state index in [2.05, 4.69) is 19.9 Å². The summed E-state index contributed by atoms with van der Waals surface area (Å²) in [5.41, 5.74) is 0. The van der Waals surface area contributed by atoms with Crippen LogP contribution in [0.4, 0.5) is 5.95 Å². The van der Waals surface area contributed by atoms with Crippen LogP contribution in [-0.4, -0.2) is 45.9 Å². The summed E-state index contributed by atoms with van der Waals surface area (Å²) in [7, 11) is 0. The molecule has 104 valence electrons. The molecule has 1 N–H and O–H groups in total. The van der Waals surface area contributed by atoms with E-state index in [1.807, 2.05) is 6.92 Å². The number of anilines is 1. The Morgan fingerprint density at radius 3 is 2.89 bits per heavy atom. The third-order valence-corrected chi connectivity index (χ3v) is 4.12. The van der Waals surface area contributed by atoms with Crippen LogP contribution in [0.2, 0.25) is 5.28 Å². The van der Waals surface area contributed by atoms with Crippen molar-refractivity contribution in [3.63, 3.8) is 0 Å². The van der Waals surface area contributed by atoms with Crippen LogP contribution < -0.4 is 9.64 Å². The monoisotopic (exact) mass is 284 g/mol. The fourth-order valence-corrected chi connectivity index (χ4v) is 3.20. The summed E-state index contributed by atoms with van der Waals surface area (Å²) in [5, 5.41) is 10.1. The molecule has 1 saturated heterocycles. The predicted octanol–water partition coefficient (Wildman–Crippen LogP) is 1.13. The van der Waals surface area contributed by atoms with Gasteiger partial charge in [-0.25, -0.2) is 0 Å². The van der Waals surface area contributed by atoms with Gasteiger partial charge in [0.2, 0.25) is 11.2 Å². The topological polar surface area (TPSA) is 71.4 Å². The van der Waals surface area contributed by atoms with Crippen LogP contribution in [-0.2, 0) is 0 Å². The average molecular weight is 285 g/mol. The zero-order valence-electron chi connectivity index (χ0n) is 10.8. The molecule has 2 heterocycles. The lowest BCUT2D eigenvalue weighted by atomic mass is 10.00. The van der Waals surface area contributed by atoms with Crippen LogP contribution in [0.5, 0.6) is 6.01 Å². The van der Waals surface area contributed by atoms with Crippen molar-refractivity contribution in [1.29, 1.82) is 0 Å². The fraction of sp³-hybridized carbons (Fsp3) is 0.750. The number of aromatic nitrogens is 3. The summed E-state index contributed by atoms with van der Waals surface area (Å²) in [6.45, 7) is 4.00. The van der Waals surface area contributed by atoms with E-state index in [9.17, 15) is 5.11 Å². The highest BCUT2D eigenvalue weighted by Gasteiger charge is 2.42. The molecule has 0 spiro atoms. The Balaban J connectivity index is 1.79. The Kier molecular flexibility index (Phi) is 3.45. The molecule has 3 rings (SSSR count). The van der Waals surface area contributed by atoms with Gasteiger partial charge in [0.15, 0.2) is 0 Å². The van der Waals surface area contributed by atoms with E-state index in [0.29, 0.717) is 24.4 Å². The number of rotatable bonds is 3. The van der Waals surface area contributed by atoms with Crippen molar-refractivity contribution in [1.82, 2.24) is 15.0 Å². The van der Waals surface area contributed by atoms with Crippen LogP contribution in [0, 0.1) is 11.8 Å². The highest BCUT2D eigenvalue weighted by Crippen LogP contribution is 2.39. The van der Waals surface area contributed by atoms with Gasteiger partial charge in [-0.05, 0) is 37.3 Å². The third kappa shape index (κ3) is 2.47. The number of aliphatic hydroxyl groups is 1. The molecule has 0 aromatic carbocycles. The zero-order valence-corrected chi connectivity index (χ0v) is 11.5. The summed E-state index contributed by atoms with van der Waals surface area (Å²) < 4.78 is 5.28. The molecule has 3 atom stereocenters. The number of hydrogen-bond acceptors (Lipinski definition) is 6. The van der Waals surface area contributed by atoms with Crippen LogP contribution in [0.25, 0.3) is 0 Å². The molecular formula is C12H17ClN4O2. The van der Waals surface area contributed by atoms with E-state index in [0.717, 1.165) is 25.9 Å². The lowest BCUT2D eigenvalue weighted by Gasteiger charge is -2.18. The van der Waals surface area contributed by atoms with E-state index in [4.69, 9.17) is 16.3 Å². The van der Waals surface area contributed by atoms with Crippen LogP contribution in [0.15, 0.2) is 0 Å². The first-order valence-electron chi connectivity index (χ1n) is 6.64. The number of halogens is 1. The second kappa shape index (κ2) is 5.09. The molecule has 19 heavy (non-hydrogen) atoms. The second-order valence-electron chi connectivity index (χ2n) is 5.09. The van der Waals surface area contributed by atoms with E-state index in [1.54, 1.807) is 0 Å². The van der Waals surface area contributed by atoms with Gasteiger partial charge in [-0.1, -0.05) is 0 Å². The van der Waals surface area contributed by atoms with Gasteiger partial charge in [-0.2, -0.15) is 15.0 Å². The van der Waals surface area contributed by atoms with Gasteiger partial charge in [0.05, 0.1) is 12.7 Å². The van der Waals surface area contributed by atoms with Crippen molar-refractivity contribution >= 4 is 17.5 Å². The smallest absolute Gasteiger partial charge is 0.322 e. The molecule has 1 saturated carbocycles. The highest BCUT2D eigenvalue weighted by molar-refractivity contribution is 6.28. The number of nitrogens with zero attached hydrogens (tertiary/aromatic N) is 4. The minimum Gasteiger partial charge on any atom is -0.464 e. The third-order valence-electron chi connectivity index (χ3n) is 3.95. The molecule has 1 aliphatic heterocycles. The predicted molar refractivity (Wildman–Crippen MR) is 70.4 cm³/mol. The van der Waals surface area contributed by atoms with Gasteiger partial charge in [0.1, 0.15) is 0 Å². The summed E-state index contributed by atoms with van der Waals surface area (Å²) in [4.78, 5) is 14.4. The molecule has 0 bridgehead atoms. The maximum absolute atomic E-state index is 9.93. The largest absolute Gasteiger partial charge is 0.464 e. The Labute approximate surface area is 116 Å². The summed E-state index contributed by atoms with van der Waals surface area (Å²) in [5.74, 6) is 1.40. The molecule has 6 nitrogen and oxygen atoms in total. The maximum Gasteiger partial charge on any atom is 0.322 e. The van der Waals surface area contributed by atoms with Gasteiger partial charge >= 0.3 is 6.01 Å². The zero-order chi connectivity index (χ0) is 13.4. The molecule has 2 aliphatic rings. The van der Waals surface area contributed by atoms with Crippen molar-refractivity contribution in [2.24, 2.45) is 11.8 Å². The minimum atomic E-state index is -0.196. The Hall–Kier alpha value is -1.14. The Morgan fingerprint density at radius 2 is 2.16 bits per heavy atom. The highest BCUT2D eigenvalue weighted by atomic mass is 35.5. The van der Waals surface area contributed by atoms with Gasteiger partial charge < -0.3 is 14.7 Å². The molecule has 1 aromatic heterocycles. The molecule has 0 radical (unpaired) electrons. The number of ether oxygens (including phenoxy) is 1. The minimum absolute atomic E-state index is 0.144. The fourth-order valence-electron chi connectivity index (χ4n) is 3.06. The van der Waals surface area contributed by atoms with Gasteiger partial charge in [-0.3, -0.25) is 0 Å². The SMILES string of the molecule is CCOc1nc(Cl)nc(N2CC3CCC(O)C3C2)n1. The quantitative estimate of drug-likeness (QED) is 0.897. The summed E-state index contributed by atoms with van der Waals surface area (Å²) >= 11 is 5.90. The molecule has 0 amide bonds. The van der Waals surface area contributed by atoms with E-state index in [-0.39, 0.29) is 17.4 Å². The van der Waals surface area contributed by atoms with Crippen LogP contribution >= 0.6 is 11.6 Å². The van der Waals surface area contributed by atoms with Gasteiger partial charge in [0, 0.05) is 19.0 Å². The van der Waals surface area contributed by atoms with Crippen LogP contribution in [0.1, 0.15) is 19.8 Å². The average Bonchev–Trinajstić information content (AvgIpc) is 2.92. The lowest BCUT2D eigenvalue weighted by Crippen LogP contribution is -2.26. The molecule has 7 heteroatoms. The number of hydrogen-bond donors (Lipinski definition) is 1. The first kappa shape index (κ1) is 12.9. The first-order chi connectivity index (χ1) is 9.17. The summed E-state index contributed by atoms with van der Waals surface area (Å²) in [6, 6.07) is 0.259. The Bertz CT molecular complexity index is 473. The molecule has 1 aliphatic carbocycles. The van der Waals surface area contributed by atoms with Crippen molar-refractivity contribution in [2.45, 2.75) is 25.9 Å². The number of fused-ring (bicyclic) bond motifs is 1. The van der Waals surface area contributed by atoms with Crippen molar-refractivity contribution in [3.05, 3.63) is 5.28 Å². The van der Waals surface area contributed by atoms with Crippen molar-refractivity contribution in [3.8, 4) is 6.01 Å². The standard InChI is InChI=1S/C12H17ClN4O2/c1-2-19-12-15-10(13)14-11(16-12)17-5-7-3-4-9(18)8(7)6-17/h7-9,18H,2-6H2,1H3. The van der Waals surface area contributed by atoms with E-state index >= 15 is 0 Å². The van der Waals surface area contributed by atoms with Crippen molar-refractivity contribution < 1.29 is 9.84 Å². The molecule has 1 aromatic rings. The molecular weight excluding hydrogens is 268 g/mol. The maximum atomic E-state index is 9.93. The normalized spacial score (nSPS) is 29.6. The van der Waals surface area contributed by atoms with Crippen LogP contribution in [0.3, 0.4) is 0 Å². The van der Waals surface area contributed by atoms with E-state index in [1.165, 1.54) is 0 Å². The van der Waals surface area contributed by atoms with E-state index < -0.39 is 0 Å². The second-order valence-corrected chi connectivity index (χ2v) is 5.43. The lowest BCUT2D eigenvalue weighted by molar-refractivity contribution is 0.133. The van der Waals surface area contributed by atoms with Crippen molar-refractivity contribution in [2.75, 3.05) is 24.6 Å². The first-order valence-corrected chi connectivity index (χ1v) is 7.02. The molecule has 2 fully saturated rings. The van der Waals surface area contributed by atoms with Gasteiger partial charge in [-0.15, -0.1) is 0 Å². The number of aliphatic hydroxyl groups excluding tert-OH is 1. The Morgan fingerprint density at radius 1 is 1.32 bits per heavy atom. The van der Waals surface area contributed by atoms with Gasteiger partial charge in [0.25, 0.3) is 0 Å². The molecule has 3 unspecified atom stereocenters. The summed E-state index contributed by atoms with van der Waals surface area (Å²) in [6.07, 6.45) is 1.78.